The molecule has 8 N–H and O–H groups in total. The minimum absolute atomic E-state index is 0.000230. The minimum Gasteiger partial charge on any atom is -0.460 e. The second kappa shape index (κ2) is 30.8. The Balaban J connectivity index is 1.62. The molecule has 23 nitrogen and oxygen atoms in total. The Bertz CT molecular complexity index is 2380. The number of esters is 1. The molecule has 2 amide bonds. The SMILES string of the molecule is CO[C@H]1C[C@@H]2CC[C@@H](C)C(O)(O2)C(=O)C(=O)N2CCCCC2C(=O)O[C@H]([C@H](C)C[C@@H]2CC[C@@H](OC(=O)NCCCC(O)(P(=O)(O)O)P(=O)(O)O)[C@H](OC)C2)CC(=O)[C@H](C)/C=C(\C)[C@@H](O)[C@@H](OC)C(=O)[C@H](C)C[C@H](C)/C=C/C=CC=C1C. The van der Waals surface area contributed by atoms with Gasteiger partial charge in [-0.3, -0.25) is 28.3 Å². The third-order valence-corrected chi connectivity index (χ3v) is 20.5. The number of hydrogen-bond donors (Lipinski definition) is 8. The summed E-state index contributed by atoms with van der Waals surface area (Å²) >= 11 is 0. The van der Waals surface area contributed by atoms with E-state index < -0.39 is 135 Å². The van der Waals surface area contributed by atoms with Crippen molar-refractivity contribution in [3.8, 4) is 0 Å². The Hall–Kier alpha value is -3.80. The monoisotopic (exact) mass is 1190 g/mol. The molecule has 15 atom stereocenters. The predicted molar refractivity (Wildman–Crippen MR) is 296 cm³/mol. The molecular weight excluding hydrogens is 1100 g/mol. The maximum atomic E-state index is 14.6. The average molecular weight is 1190 g/mol. The topological polar surface area (TPSA) is 349 Å². The molecule has 81 heavy (non-hydrogen) atoms. The molecule has 3 fully saturated rings. The van der Waals surface area contributed by atoms with E-state index in [0.717, 1.165) is 10.5 Å². The molecule has 0 spiro atoms. The highest BCUT2D eigenvalue weighted by Gasteiger charge is 2.59. The highest BCUT2D eigenvalue weighted by molar-refractivity contribution is 7.72. The van der Waals surface area contributed by atoms with Gasteiger partial charge < -0.3 is 73.5 Å². The number of piperidine rings is 1. The van der Waals surface area contributed by atoms with Crippen molar-refractivity contribution in [2.45, 2.75) is 198 Å². The summed E-state index contributed by atoms with van der Waals surface area (Å²) in [6.45, 7) is 11.9. The van der Waals surface area contributed by atoms with Crippen molar-refractivity contribution < 1.29 is 101 Å². The average Bonchev–Trinajstić information content (AvgIpc) is 3.48. The predicted octanol–water partition coefficient (Wildman–Crippen LogP) is 5.70. The molecule has 0 radical (unpaired) electrons. The lowest BCUT2D eigenvalue weighted by Crippen LogP contribution is -2.61. The Kier molecular flexibility index (Phi) is 26.5. The summed E-state index contributed by atoms with van der Waals surface area (Å²) in [7, 11) is -7.08. The van der Waals surface area contributed by atoms with Crippen LogP contribution in [0.25, 0.3) is 0 Å². The van der Waals surface area contributed by atoms with Gasteiger partial charge in [0.15, 0.2) is 5.78 Å². The van der Waals surface area contributed by atoms with E-state index in [1.54, 1.807) is 47.8 Å². The van der Waals surface area contributed by atoms with Gasteiger partial charge in [-0.2, -0.15) is 0 Å². The third-order valence-electron chi connectivity index (χ3n) is 16.6. The number of amides is 2. The van der Waals surface area contributed by atoms with Gasteiger partial charge in [-0.05, 0) is 113 Å². The molecule has 460 valence electrons. The number of hydrogen-bond acceptors (Lipinski definition) is 17. The molecule has 0 aromatic carbocycles. The summed E-state index contributed by atoms with van der Waals surface area (Å²) in [6, 6.07) is -1.26. The molecule has 1 aliphatic carbocycles. The lowest BCUT2D eigenvalue weighted by atomic mass is 9.78. The molecule has 2 bridgehead atoms. The van der Waals surface area contributed by atoms with Gasteiger partial charge in [0.2, 0.25) is 5.79 Å². The Morgan fingerprint density at radius 2 is 1.54 bits per heavy atom. The van der Waals surface area contributed by atoms with Gasteiger partial charge >= 0.3 is 27.3 Å². The second-order valence-corrected chi connectivity index (χ2v) is 26.9. The van der Waals surface area contributed by atoms with E-state index in [-0.39, 0.29) is 62.2 Å². The first kappa shape index (κ1) is 69.7. The van der Waals surface area contributed by atoms with Gasteiger partial charge in [0, 0.05) is 71.4 Å². The van der Waals surface area contributed by atoms with Gasteiger partial charge in [0.05, 0.1) is 18.3 Å². The van der Waals surface area contributed by atoms with E-state index >= 15 is 0 Å². The van der Waals surface area contributed by atoms with E-state index in [1.165, 1.54) is 14.2 Å². The van der Waals surface area contributed by atoms with E-state index in [0.29, 0.717) is 56.9 Å². The van der Waals surface area contributed by atoms with Crippen LogP contribution < -0.4 is 5.32 Å². The van der Waals surface area contributed by atoms with Crippen LogP contribution in [0.1, 0.15) is 138 Å². The maximum absolute atomic E-state index is 14.6. The first-order valence-electron chi connectivity index (χ1n) is 28.1. The zero-order valence-corrected chi connectivity index (χ0v) is 50.3. The van der Waals surface area contributed by atoms with E-state index in [1.807, 2.05) is 44.2 Å². The Morgan fingerprint density at radius 1 is 0.864 bits per heavy atom. The van der Waals surface area contributed by atoms with Gasteiger partial charge in [-0.25, -0.2) is 9.59 Å². The lowest BCUT2D eigenvalue weighted by Gasteiger charge is -2.42. The molecule has 0 aromatic rings. The number of fused-ring (bicyclic) bond motifs is 3. The fourth-order valence-electron chi connectivity index (χ4n) is 11.4. The van der Waals surface area contributed by atoms with Crippen LogP contribution in [0.15, 0.2) is 47.6 Å². The number of aliphatic hydroxyl groups is 3. The highest BCUT2D eigenvalue weighted by Crippen LogP contribution is 2.69. The number of allylic oxidation sites excluding steroid dienone is 6. The maximum Gasteiger partial charge on any atom is 0.407 e. The first-order chi connectivity index (χ1) is 37.8. The number of carbonyl (C=O) groups is 6. The number of nitrogens with zero attached hydrogens (tertiary/aromatic N) is 1. The Labute approximate surface area is 475 Å². The number of cyclic esters (lactones) is 1. The van der Waals surface area contributed by atoms with E-state index in [4.69, 9.17) is 28.4 Å². The van der Waals surface area contributed by atoms with E-state index in [2.05, 4.69) is 5.32 Å². The number of methoxy groups -OCH3 is 3. The number of Topliss-reactive ketones (excluding diaryl/α,β-unsaturated/α-hetero) is 3. The molecule has 1 saturated carbocycles. The smallest absolute Gasteiger partial charge is 0.407 e. The Morgan fingerprint density at radius 3 is 2.17 bits per heavy atom. The number of rotatable bonds is 13. The summed E-state index contributed by atoms with van der Waals surface area (Å²) < 4.78 is 58.7. The molecule has 4 aliphatic rings. The zero-order valence-electron chi connectivity index (χ0n) is 48.5. The van der Waals surface area contributed by atoms with Crippen molar-refractivity contribution in [1.82, 2.24) is 10.2 Å². The zero-order chi connectivity index (χ0) is 60.8. The quantitative estimate of drug-likeness (QED) is 0.0360. The molecule has 2 unspecified atom stereocenters. The van der Waals surface area contributed by atoms with Crippen molar-refractivity contribution in [3.05, 3.63) is 47.6 Å². The molecular formula is C56H90N2O21P2. The summed E-state index contributed by atoms with van der Waals surface area (Å²) in [6.07, 6.45) is 5.95. The lowest BCUT2D eigenvalue weighted by molar-refractivity contribution is -0.265. The molecule has 4 rings (SSSR count). The van der Waals surface area contributed by atoms with Crippen LogP contribution in [0.2, 0.25) is 0 Å². The standard InChI is InChI=1S/C56H90N2O21P2/c1-33-17-12-11-13-18-34(2)45(74-8)31-41-22-20-39(7)56(67,79-41)51(62)52(63)58-26-15-14-19-42(58)53(64)77-46(32-43(59)35(3)28-38(6)49(61)50(76-10)48(60)37(5)27-33)36(4)29-40-21-23-44(47(30-40)75-9)78-54(65)57-25-16-24-55(66,80(68,69)70)81(71,72)73/h11-13,17-18,28,33,35-37,39-42,44-47,49-50,61,66-67H,14-16,19-27,29-32H2,1-10H3,(H,57,65)(H2,68,69,70)(H2,71,72,73)/b13-11?,17-12+,34-18?,38-28+/t33-,35-,36-,37-,39-,40+,41+,42?,44-,45+,46+,47-,49-,50+,56?/m1/s1. The van der Waals surface area contributed by atoms with Crippen LogP contribution in [-0.2, 0) is 61.5 Å². The van der Waals surface area contributed by atoms with Gasteiger partial charge in [0.1, 0.15) is 36.2 Å². The van der Waals surface area contributed by atoms with Crippen LogP contribution in [0.3, 0.4) is 0 Å². The van der Waals surface area contributed by atoms with Crippen LogP contribution in [0, 0.1) is 35.5 Å². The number of carbonyl (C=O) groups excluding carboxylic acids is 6. The van der Waals surface area contributed by atoms with Crippen LogP contribution in [0.4, 0.5) is 4.79 Å². The van der Waals surface area contributed by atoms with Crippen LogP contribution in [0.5, 0.6) is 0 Å². The van der Waals surface area contributed by atoms with Crippen molar-refractivity contribution in [2.24, 2.45) is 35.5 Å². The highest BCUT2D eigenvalue weighted by atomic mass is 31.2. The van der Waals surface area contributed by atoms with Crippen molar-refractivity contribution in [3.63, 3.8) is 0 Å². The third kappa shape index (κ3) is 18.6. The first-order valence-corrected chi connectivity index (χ1v) is 31.3. The summed E-state index contributed by atoms with van der Waals surface area (Å²) in [5, 5.41) is 32.4. The summed E-state index contributed by atoms with van der Waals surface area (Å²) in [5.41, 5.74) is 1.14. The molecule has 3 aliphatic heterocycles. The van der Waals surface area contributed by atoms with Crippen LogP contribution >= 0.6 is 15.2 Å². The second-order valence-electron chi connectivity index (χ2n) is 22.9. The molecule has 2 saturated heterocycles. The molecule has 3 heterocycles. The molecule has 0 aromatic heterocycles. The van der Waals surface area contributed by atoms with Gasteiger partial charge in [-0.15, -0.1) is 0 Å². The normalized spacial score (nSPS) is 34.3. The summed E-state index contributed by atoms with van der Waals surface area (Å²) in [4.78, 5) is 123. The van der Waals surface area contributed by atoms with Gasteiger partial charge in [0.25, 0.3) is 16.8 Å². The van der Waals surface area contributed by atoms with Crippen LogP contribution in [-0.4, -0.2) is 169 Å². The summed E-state index contributed by atoms with van der Waals surface area (Å²) in [5.74, 6) is -9.24. The van der Waals surface area contributed by atoms with E-state index in [9.17, 15) is 72.8 Å². The largest absolute Gasteiger partial charge is 0.460 e. The number of aliphatic hydroxyl groups excluding tert-OH is 1. The number of alkyl carbamates (subject to hydrolysis) is 1. The van der Waals surface area contributed by atoms with Gasteiger partial charge in [-0.1, -0.05) is 71.1 Å². The van der Waals surface area contributed by atoms with Crippen molar-refractivity contribution in [1.29, 1.82) is 0 Å². The fourth-order valence-corrected chi connectivity index (χ4v) is 13.6. The number of nitrogens with one attached hydrogen (secondary N) is 1. The minimum atomic E-state index is -5.69. The molecule has 25 heteroatoms. The number of ether oxygens (including phenoxy) is 6. The number of ketones is 3. The van der Waals surface area contributed by atoms with Crippen molar-refractivity contribution in [2.75, 3.05) is 34.4 Å². The fraction of sp³-hybridized carbons (Fsp3) is 0.750. The van der Waals surface area contributed by atoms with Crippen molar-refractivity contribution >= 4 is 50.5 Å².